The van der Waals surface area contributed by atoms with Gasteiger partial charge in [-0.05, 0) is 67.9 Å². The summed E-state index contributed by atoms with van der Waals surface area (Å²) < 4.78 is 5.15. The first kappa shape index (κ1) is 22.8. The summed E-state index contributed by atoms with van der Waals surface area (Å²) in [7, 11) is 5.82. The van der Waals surface area contributed by atoms with Crippen LogP contribution in [0.25, 0.3) is 10.9 Å². The zero-order valence-electron chi connectivity index (χ0n) is 17.3. The standard InChI is InChI=1S/C23H29N3O2.ClH/c1-26(2)13-12-19-16-24-22-10-6-17(14-21(19)22)7-11-23(27)25-15-18-4-8-20(28-3)9-5-18;/h4-6,8-10,14,16,24H,7,11-13,15H2,1-3H3,(H,25,27);1H. The minimum atomic E-state index is 0. The van der Waals surface area contributed by atoms with E-state index in [2.05, 4.69) is 53.7 Å². The van der Waals surface area contributed by atoms with E-state index in [1.807, 2.05) is 24.3 Å². The molecule has 0 atom stereocenters. The number of amides is 1. The predicted molar refractivity (Wildman–Crippen MR) is 121 cm³/mol. The van der Waals surface area contributed by atoms with Crippen molar-refractivity contribution in [3.05, 3.63) is 65.4 Å². The highest BCUT2D eigenvalue weighted by Gasteiger charge is 2.07. The fourth-order valence-electron chi connectivity index (χ4n) is 3.22. The molecule has 0 radical (unpaired) electrons. The smallest absolute Gasteiger partial charge is 0.220 e. The Hall–Kier alpha value is -2.50. The van der Waals surface area contributed by atoms with E-state index in [-0.39, 0.29) is 18.3 Å². The molecule has 0 aliphatic heterocycles. The average molecular weight is 416 g/mol. The molecule has 2 aromatic carbocycles. The maximum atomic E-state index is 12.2. The number of carbonyl (C=O) groups excluding carboxylic acids is 1. The fraction of sp³-hybridized carbons (Fsp3) is 0.348. The molecule has 3 rings (SSSR count). The number of aromatic nitrogens is 1. The van der Waals surface area contributed by atoms with Gasteiger partial charge in [0.05, 0.1) is 7.11 Å². The lowest BCUT2D eigenvalue weighted by molar-refractivity contribution is -0.121. The molecule has 1 heterocycles. The van der Waals surface area contributed by atoms with Crippen molar-refractivity contribution in [2.75, 3.05) is 27.7 Å². The van der Waals surface area contributed by atoms with Gasteiger partial charge in [0, 0.05) is 36.6 Å². The number of likely N-dealkylation sites (N-methyl/N-ethyl adjacent to an activating group) is 1. The minimum Gasteiger partial charge on any atom is -0.497 e. The van der Waals surface area contributed by atoms with Crippen molar-refractivity contribution < 1.29 is 9.53 Å². The highest BCUT2D eigenvalue weighted by Crippen LogP contribution is 2.21. The van der Waals surface area contributed by atoms with Crippen LogP contribution < -0.4 is 10.1 Å². The quantitative estimate of drug-likeness (QED) is 0.556. The fourth-order valence-corrected chi connectivity index (χ4v) is 3.22. The Balaban J connectivity index is 0.00000300. The van der Waals surface area contributed by atoms with Crippen molar-refractivity contribution in [1.29, 1.82) is 0 Å². The Morgan fingerprint density at radius 3 is 2.48 bits per heavy atom. The normalized spacial score (nSPS) is 10.8. The van der Waals surface area contributed by atoms with Gasteiger partial charge in [0.25, 0.3) is 0 Å². The van der Waals surface area contributed by atoms with Crippen molar-refractivity contribution in [3.8, 4) is 5.75 Å². The zero-order chi connectivity index (χ0) is 19.9. The van der Waals surface area contributed by atoms with E-state index in [1.54, 1.807) is 7.11 Å². The lowest BCUT2D eigenvalue weighted by Crippen LogP contribution is -2.22. The van der Waals surface area contributed by atoms with Gasteiger partial charge in [0.2, 0.25) is 5.91 Å². The molecule has 0 saturated heterocycles. The largest absolute Gasteiger partial charge is 0.497 e. The van der Waals surface area contributed by atoms with E-state index in [0.717, 1.165) is 36.2 Å². The number of nitrogens with one attached hydrogen (secondary N) is 2. The molecule has 3 aromatic rings. The van der Waals surface area contributed by atoms with Crippen LogP contribution in [0.2, 0.25) is 0 Å². The third kappa shape index (κ3) is 6.51. The number of halogens is 1. The van der Waals surface area contributed by atoms with Gasteiger partial charge in [-0.1, -0.05) is 18.2 Å². The van der Waals surface area contributed by atoms with E-state index < -0.39 is 0 Å². The molecule has 1 amide bonds. The maximum absolute atomic E-state index is 12.2. The summed E-state index contributed by atoms with van der Waals surface area (Å²) in [6.45, 7) is 1.55. The van der Waals surface area contributed by atoms with Gasteiger partial charge < -0.3 is 19.9 Å². The Labute approximate surface area is 178 Å². The van der Waals surface area contributed by atoms with Crippen LogP contribution in [-0.2, 0) is 24.2 Å². The molecule has 2 N–H and O–H groups in total. The van der Waals surface area contributed by atoms with E-state index >= 15 is 0 Å². The zero-order valence-corrected chi connectivity index (χ0v) is 18.1. The summed E-state index contributed by atoms with van der Waals surface area (Å²) in [5, 5.41) is 4.25. The summed E-state index contributed by atoms with van der Waals surface area (Å²) in [4.78, 5) is 17.8. The monoisotopic (exact) mass is 415 g/mol. The highest BCUT2D eigenvalue weighted by molar-refractivity contribution is 5.85. The molecule has 0 fully saturated rings. The summed E-state index contributed by atoms with van der Waals surface area (Å²) in [5.74, 6) is 0.887. The topological polar surface area (TPSA) is 57.4 Å². The van der Waals surface area contributed by atoms with E-state index in [4.69, 9.17) is 4.74 Å². The Morgan fingerprint density at radius 2 is 1.79 bits per heavy atom. The van der Waals surface area contributed by atoms with E-state index in [9.17, 15) is 4.79 Å². The second kappa shape index (κ2) is 10.9. The van der Waals surface area contributed by atoms with Crippen LogP contribution in [0, 0.1) is 0 Å². The van der Waals surface area contributed by atoms with Crippen LogP contribution in [0.1, 0.15) is 23.1 Å². The van der Waals surface area contributed by atoms with Crippen LogP contribution in [0.4, 0.5) is 0 Å². The van der Waals surface area contributed by atoms with Crippen molar-refractivity contribution >= 4 is 29.2 Å². The molecular weight excluding hydrogens is 386 g/mol. The number of hydrogen-bond donors (Lipinski definition) is 2. The SMILES string of the molecule is COc1ccc(CNC(=O)CCc2ccc3[nH]cc(CCN(C)C)c3c2)cc1.Cl. The Bertz CT molecular complexity index is 920. The molecule has 0 bridgehead atoms. The van der Waals surface area contributed by atoms with Crippen molar-refractivity contribution in [2.24, 2.45) is 0 Å². The molecule has 1 aromatic heterocycles. The molecule has 6 heteroatoms. The first-order chi connectivity index (χ1) is 13.5. The number of hydrogen-bond acceptors (Lipinski definition) is 3. The molecule has 0 saturated carbocycles. The summed E-state index contributed by atoms with van der Waals surface area (Å²) >= 11 is 0. The van der Waals surface area contributed by atoms with Gasteiger partial charge in [-0.15, -0.1) is 12.4 Å². The number of nitrogens with zero attached hydrogens (tertiary/aromatic N) is 1. The number of aryl methyl sites for hydroxylation is 1. The Kier molecular flexibility index (Phi) is 8.55. The summed E-state index contributed by atoms with van der Waals surface area (Å²) in [6.07, 6.45) is 4.33. The van der Waals surface area contributed by atoms with Gasteiger partial charge in [0.15, 0.2) is 0 Å². The first-order valence-corrected chi connectivity index (χ1v) is 9.68. The third-order valence-corrected chi connectivity index (χ3v) is 4.95. The van der Waals surface area contributed by atoms with Crippen molar-refractivity contribution in [2.45, 2.75) is 25.8 Å². The number of H-pyrrole nitrogens is 1. The summed E-state index contributed by atoms with van der Waals surface area (Å²) in [6, 6.07) is 14.2. The third-order valence-electron chi connectivity index (χ3n) is 4.95. The molecule has 0 unspecified atom stereocenters. The number of carbonyl (C=O) groups is 1. The van der Waals surface area contributed by atoms with Gasteiger partial charge in [-0.2, -0.15) is 0 Å². The number of rotatable bonds is 9. The minimum absolute atomic E-state index is 0. The average Bonchev–Trinajstić information content (AvgIpc) is 3.11. The predicted octanol–water partition coefficient (Wildman–Crippen LogP) is 3.95. The van der Waals surface area contributed by atoms with Crippen LogP contribution in [0.3, 0.4) is 0 Å². The van der Waals surface area contributed by atoms with Gasteiger partial charge >= 0.3 is 0 Å². The Morgan fingerprint density at radius 1 is 1.07 bits per heavy atom. The first-order valence-electron chi connectivity index (χ1n) is 9.68. The second-order valence-corrected chi connectivity index (χ2v) is 7.37. The molecule has 5 nitrogen and oxygen atoms in total. The molecule has 156 valence electrons. The van der Waals surface area contributed by atoms with Crippen LogP contribution in [0.5, 0.6) is 5.75 Å². The van der Waals surface area contributed by atoms with Gasteiger partial charge in [0.1, 0.15) is 5.75 Å². The molecule has 0 aliphatic carbocycles. The van der Waals surface area contributed by atoms with Crippen molar-refractivity contribution in [1.82, 2.24) is 15.2 Å². The molecule has 0 spiro atoms. The lowest BCUT2D eigenvalue weighted by Gasteiger charge is -2.09. The number of benzene rings is 2. The number of aromatic amines is 1. The van der Waals surface area contributed by atoms with E-state index in [1.165, 1.54) is 16.5 Å². The maximum Gasteiger partial charge on any atom is 0.220 e. The summed E-state index contributed by atoms with van der Waals surface area (Å²) in [5.41, 5.74) is 4.74. The van der Waals surface area contributed by atoms with Crippen LogP contribution >= 0.6 is 12.4 Å². The molecule has 29 heavy (non-hydrogen) atoms. The van der Waals surface area contributed by atoms with Gasteiger partial charge in [-0.25, -0.2) is 0 Å². The van der Waals surface area contributed by atoms with Crippen molar-refractivity contribution in [3.63, 3.8) is 0 Å². The second-order valence-electron chi connectivity index (χ2n) is 7.37. The van der Waals surface area contributed by atoms with Crippen LogP contribution in [0.15, 0.2) is 48.7 Å². The lowest BCUT2D eigenvalue weighted by atomic mass is 10.0. The highest BCUT2D eigenvalue weighted by atomic mass is 35.5. The van der Waals surface area contributed by atoms with Gasteiger partial charge in [-0.3, -0.25) is 4.79 Å². The number of ether oxygens (including phenoxy) is 1. The molecular formula is C23H30ClN3O2. The van der Waals surface area contributed by atoms with Crippen LogP contribution in [-0.4, -0.2) is 43.5 Å². The molecule has 0 aliphatic rings. The number of fused-ring (bicyclic) bond motifs is 1. The number of methoxy groups -OCH3 is 1. The van der Waals surface area contributed by atoms with E-state index in [0.29, 0.717) is 13.0 Å².